The number of phosphoric acid groups is 1. The van der Waals surface area contributed by atoms with Crippen molar-refractivity contribution in [3.05, 3.63) is 0 Å². The zero-order valence-electron chi connectivity index (χ0n) is 12.9. The highest BCUT2D eigenvalue weighted by Gasteiger charge is 2.14. The Bertz CT molecular complexity index is 214. The van der Waals surface area contributed by atoms with Gasteiger partial charge in [0.1, 0.15) is 0 Å². The third-order valence-electron chi connectivity index (χ3n) is 2.93. The van der Waals surface area contributed by atoms with E-state index in [0.29, 0.717) is 7.92 Å². The number of unbranched alkanes of at least 4 members (excludes halogenated alkanes) is 2. The Hall–Kier alpha value is 0.540. The number of hydrogen-bond donors (Lipinski definition) is 3. The summed E-state index contributed by atoms with van der Waals surface area (Å²) < 4.78 is 8.88. The van der Waals surface area contributed by atoms with Gasteiger partial charge in [-0.1, -0.05) is 47.0 Å². The van der Waals surface area contributed by atoms with Gasteiger partial charge in [0.2, 0.25) is 0 Å². The van der Waals surface area contributed by atoms with Crippen LogP contribution in [0.3, 0.4) is 0 Å². The van der Waals surface area contributed by atoms with Crippen LogP contribution in [0.4, 0.5) is 0 Å². The molecule has 0 aliphatic carbocycles. The monoisotopic (exact) mass is 314 g/mol. The van der Waals surface area contributed by atoms with Gasteiger partial charge in [-0.25, -0.2) is 4.57 Å². The molecule has 118 valence electrons. The molecule has 1 atom stereocenters. The fraction of sp³-hybridized carbons (Fsp3) is 1.00. The summed E-state index contributed by atoms with van der Waals surface area (Å²) in [5.74, 6) is 0. The Morgan fingerprint density at radius 3 is 1.58 bits per heavy atom. The summed E-state index contributed by atoms with van der Waals surface area (Å²) in [5.41, 5.74) is 1.02. The Labute approximate surface area is 120 Å². The van der Waals surface area contributed by atoms with Gasteiger partial charge in [0.15, 0.2) is 0 Å². The van der Waals surface area contributed by atoms with Gasteiger partial charge < -0.3 is 14.7 Å². The predicted octanol–water partition coefficient (Wildman–Crippen LogP) is 4.33. The van der Waals surface area contributed by atoms with E-state index in [0.717, 1.165) is 5.66 Å². The molecule has 0 aromatic carbocycles. The molecule has 3 N–H and O–H groups in total. The molecule has 0 amide bonds. The van der Waals surface area contributed by atoms with Crippen molar-refractivity contribution in [2.24, 2.45) is 0 Å². The van der Waals surface area contributed by atoms with E-state index in [1.165, 1.54) is 50.8 Å². The van der Waals surface area contributed by atoms with Gasteiger partial charge in [-0.15, -0.1) is 7.92 Å². The minimum Gasteiger partial charge on any atom is -0.303 e. The second kappa shape index (κ2) is 13.5. The van der Waals surface area contributed by atoms with Crippen LogP contribution in [0.1, 0.15) is 66.2 Å². The highest BCUT2D eigenvalue weighted by atomic mass is 31.2. The lowest BCUT2D eigenvalue weighted by atomic mass is 10.3. The molecule has 0 saturated carbocycles. The fourth-order valence-corrected chi connectivity index (χ4v) is 5.05. The molecule has 4 nitrogen and oxygen atoms in total. The topological polar surface area (TPSA) is 77.8 Å². The van der Waals surface area contributed by atoms with Crippen molar-refractivity contribution in [3.8, 4) is 0 Å². The van der Waals surface area contributed by atoms with Gasteiger partial charge in [0.25, 0.3) is 0 Å². The highest BCUT2D eigenvalue weighted by Crippen LogP contribution is 2.44. The SMILES string of the molecule is CCCCP(CCCC)C(C)CCC.O=P(O)(O)O. The molecule has 6 heteroatoms. The summed E-state index contributed by atoms with van der Waals surface area (Å²) in [4.78, 5) is 21.6. The maximum Gasteiger partial charge on any atom is 0.466 e. The molecule has 0 bridgehead atoms. The second-order valence-electron chi connectivity index (χ2n) is 4.89. The van der Waals surface area contributed by atoms with Crippen LogP contribution in [0, 0.1) is 0 Å². The van der Waals surface area contributed by atoms with E-state index >= 15 is 0 Å². The third-order valence-corrected chi connectivity index (χ3v) is 6.21. The standard InChI is InChI=1S/C13H29P.H3O4P/c1-5-8-11-14(12-9-6-2)13(4)10-7-3;1-5(2,3)4/h13H,5-12H2,1-4H3;(H3,1,2,3,4). The van der Waals surface area contributed by atoms with Gasteiger partial charge >= 0.3 is 7.82 Å². The minimum atomic E-state index is -4.64. The summed E-state index contributed by atoms with van der Waals surface area (Å²) in [5, 5.41) is 0. The molecule has 0 aromatic rings. The molecule has 0 aromatic heterocycles. The lowest BCUT2D eigenvalue weighted by molar-refractivity contribution is 0.275. The zero-order chi connectivity index (χ0) is 15.3. The highest BCUT2D eigenvalue weighted by molar-refractivity contribution is 7.58. The van der Waals surface area contributed by atoms with Crippen LogP contribution < -0.4 is 0 Å². The molecule has 0 rings (SSSR count). The van der Waals surface area contributed by atoms with Crippen molar-refractivity contribution in [2.75, 3.05) is 12.3 Å². The molecule has 0 saturated heterocycles. The average Bonchev–Trinajstić information content (AvgIpc) is 2.27. The maximum atomic E-state index is 8.88. The van der Waals surface area contributed by atoms with E-state index in [1.54, 1.807) is 0 Å². The maximum absolute atomic E-state index is 8.88. The molecular weight excluding hydrogens is 282 g/mol. The van der Waals surface area contributed by atoms with Crippen molar-refractivity contribution in [3.63, 3.8) is 0 Å². The van der Waals surface area contributed by atoms with Crippen LogP contribution >= 0.6 is 15.7 Å². The van der Waals surface area contributed by atoms with Gasteiger partial charge in [0.05, 0.1) is 0 Å². The summed E-state index contributed by atoms with van der Waals surface area (Å²) >= 11 is 0. The van der Waals surface area contributed by atoms with Crippen molar-refractivity contribution in [2.45, 2.75) is 71.9 Å². The average molecular weight is 314 g/mol. The van der Waals surface area contributed by atoms with Gasteiger partial charge in [-0.2, -0.15) is 0 Å². The largest absolute Gasteiger partial charge is 0.466 e. The second-order valence-corrected chi connectivity index (χ2v) is 8.87. The van der Waals surface area contributed by atoms with Gasteiger partial charge in [0, 0.05) is 0 Å². The van der Waals surface area contributed by atoms with E-state index in [9.17, 15) is 0 Å². The van der Waals surface area contributed by atoms with Crippen LogP contribution in [0.15, 0.2) is 0 Å². The fourth-order valence-electron chi connectivity index (χ4n) is 1.88. The number of hydrogen-bond acceptors (Lipinski definition) is 1. The Morgan fingerprint density at radius 2 is 1.32 bits per heavy atom. The molecule has 0 radical (unpaired) electrons. The molecule has 0 spiro atoms. The first-order valence-electron chi connectivity index (χ1n) is 7.28. The van der Waals surface area contributed by atoms with Crippen LogP contribution in [-0.2, 0) is 4.57 Å². The molecule has 1 unspecified atom stereocenters. The third kappa shape index (κ3) is 21.0. The quantitative estimate of drug-likeness (QED) is 0.554. The smallest absolute Gasteiger partial charge is 0.303 e. The molecule has 0 aliphatic heterocycles. The van der Waals surface area contributed by atoms with E-state index in [4.69, 9.17) is 19.2 Å². The van der Waals surface area contributed by atoms with Crippen LogP contribution in [0.5, 0.6) is 0 Å². The Balaban J connectivity index is 0. The van der Waals surface area contributed by atoms with Crippen LogP contribution in [0.25, 0.3) is 0 Å². The van der Waals surface area contributed by atoms with Crippen molar-refractivity contribution < 1.29 is 19.2 Å². The summed E-state index contributed by atoms with van der Waals surface area (Å²) in [7, 11) is -4.28. The normalized spacial score (nSPS) is 13.1. The summed E-state index contributed by atoms with van der Waals surface area (Å²) in [6.45, 7) is 9.44. The lowest BCUT2D eigenvalue weighted by Gasteiger charge is -2.24. The van der Waals surface area contributed by atoms with Crippen molar-refractivity contribution >= 4 is 15.7 Å². The van der Waals surface area contributed by atoms with E-state index in [-0.39, 0.29) is 0 Å². The first-order chi connectivity index (χ1) is 8.76. The van der Waals surface area contributed by atoms with E-state index < -0.39 is 7.82 Å². The van der Waals surface area contributed by atoms with Crippen LogP contribution in [-0.4, -0.2) is 32.7 Å². The number of rotatable bonds is 9. The first kappa shape index (κ1) is 21.8. The van der Waals surface area contributed by atoms with Crippen molar-refractivity contribution in [1.29, 1.82) is 0 Å². The minimum absolute atomic E-state index is 0.360. The Kier molecular flexibility index (Phi) is 15.5. The van der Waals surface area contributed by atoms with Crippen molar-refractivity contribution in [1.82, 2.24) is 0 Å². The van der Waals surface area contributed by atoms with E-state index in [2.05, 4.69) is 27.7 Å². The molecule has 0 fully saturated rings. The molecule has 0 heterocycles. The molecule has 0 aliphatic rings. The summed E-state index contributed by atoms with van der Waals surface area (Å²) in [6.07, 6.45) is 11.6. The lowest BCUT2D eigenvalue weighted by Crippen LogP contribution is -2.05. The summed E-state index contributed by atoms with van der Waals surface area (Å²) in [6, 6.07) is 0. The first-order valence-corrected chi connectivity index (χ1v) is 10.6. The van der Waals surface area contributed by atoms with Gasteiger partial charge in [-0.3, -0.25) is 0 Å². The zero-order valence-corrected chi connectivity index (χ0v) is 14.7. The van der Waals surface area contributed by atoms with E-state index in [1.807, 2.05) is 0 Å². The van der Waals surface area contributed by atoms with Gasteiger partial charge in [-0.05, 0) is 37.2 Å². The predicted molar refractivity (Wildman–Crippen MR) is 85.1 cm³/mol. The van der Waals surface area contributed by atoms with Crippen LogP contribution in [0.2, 0.25) is 0 Å². The molecule has 19 heavy (non-hydrogen) atoms. The molecular formula is C13H32O4P2. The Morgan fingerprint density at radius 1 is 0.947 bits per heavy atom.